The van der Waals surface area contributed by atoms with Gasteiger partial charge in [0.2, 0.25) is 18.2 Å². The summed E-state index contributed by atoms with van der Waals surface area (Å²) >= 11 is 0. The van der Waals surface area contributed by atoms with Gasteiger partial charge in [-0.05, 0) is 52.1 Å². The minimum atomic E-state index is -0.865. The second kappa shape index (κ2) is 16.2. The van der Waals surface area contributed by atoms with Crippen molar-refractivity contribution in [3.05, 3.63) is 118 Å². The minimum absolute atomic E-state index is 0.132. The van der Waals surface area contributed by atoms with Crippen LogP contribution >= 0.6 is 0 Å². The molecule has 1 unspecified atom stereocenters. The molecule has 3 N–H and O–H groups in total. The monoisotopic (exact) mass is 624 g/mol. The number of hydrogen-bond donors (Lipinski definition) is 3. The van der Waals surface area contributed by atoms with Gasteiger partial charge < -0.3 is 15.5 Å². The Bertz CT molecular complexity index is 1740. The van der Waals surface area contributed by atoms with Crippen LogP contribution in [0.1, 0.15) is 62.7 Å². The number of fused-ring (bicyclic) bond motifs is 1. The van der Waals surface area contributed by atoms with Gasteiger partial charge in [0.05, 0.1) is 12.0 Å². The van der Waals surface area contributed by atoms with E-state index in [1.54, 1.807) is 24.3 Å². The largest absolute Gasteiger partial charge is 0.352 e. The van der Waals surface area contributed by atoms with Crippen molar-refractivity contribution in [3.8, 4) is 0 Å². The predicted octanol–water partition coefficient (Wildman–Crippen LogP) is 4.45. The first kappa shape index (κ1) is 33.7. The molecule has 0 saturated carbocycles. The molecule has 0 spiro atoms. The summed E-state index contributed by atoms with van der Waals surface area (Å²) in [6, 6.07) is 22.5. The van der Waals surface area contributed by atoms with Gasteiger partial charge in [0.15, 0.2) is 6.29 Å². The molecule has 0 fully saturated rings. The standard InChI is InChI=1S/C36H37FN4O5/c1-3-7-33(35(45)40-23-43)41(2)36(46)31-15-13-24(16-29(31)22-42)19-38-21-28-14-12-25(17-32(28)37)20-39-34(44)18-27-10-6-9-26-8-4-5-11-30(26)27/h4-6,8-17,22-23,33,38H,3,7,18-21H2,1-2H3,(H,39,44)(H,40,43,45). The SMILES string of the molecule is CCCC(C(=O)NC=O)N(C)C(=O)c1ccc(CNCc2ccc(CNC(=O)Cc3cccc4ccccc34)cc2F)cc1C=O. The van der Waals surface area contributed by atoms with Gasteiger partial charge >= 0.3 is 0 Å². The van der Waals surface area contributed by atoms with Gasteiger partial charge in [-0.15, -0.1) is 0 Å². The van der Waals surface area contributed by atoms with E-state index >= 15 is 0 Å². The number of aldehydes is 1. The van der Waals surface area contributed by atoms with Crippen molar-refractivity contribution in [2.45, 2.75) is 51.9 Å². The second-order valence-corrected chi connectivity index (χ2v) is 11.0. The number of imide groups is 1. The van der Waals surface area contributed by atoms with Crippen LogP contribution in [0, 0.1) is 5.82 Å². The van der Waals surface area contributed by atoms with E-state index in [1.165, 1.54) is 24.1 Å². The van der Waals surface area contributed by atoms with Crippen LogP contribution in [-0.2, 0) is 40.4 Å². The van der Waals surface area contributed by atoms with E-state index in [9.17, 15) is 28.4 Å². The van der Waals surface area contributed by atoms with Gasteiger partial charge in [0.1, 0.15) is 11.9 Å². The van der Waals surface area contributed by atoms with Gasteiger partial charge in [0.25, 0.3) is 5.91 Å². The summed E-state index contributed by atoms with van der Waals surface area (Å²) in [6.07, 6.45) is 2.02. The average molecular weight is 625 g/mol. The molecule has 0 aliphatic heterocycles. The lowest BCUT2D eigenvalue weighted by molar-refractivity contribution is -0.129. The summed E-state index contributed by atoms with van der Waals surface area (Å²) in [7, 11) is 1.46. The molecular weight excluding hydrogens is 587 g/mol. The van der Waals surface area contributed by atoms with Crippen LogP contribution in [-0.4, -0.2) is 48.4 Å². The Hall–Kier alpha value is -5.22. The Morgan fingerprint density at radius 1 is 0.870 bits per heavy atom. The second-order valence-electron chi connectivity index (χ2n) is 11.0. The topological polar surface area (TPSA) is 125 Å². The van der Waals surface area contributed by atoms with Gasteiger partial charge in [-0.1, -0.05) is 74.0 Å². The highest BCUT2D eigenvalue weighted by Gasteiger charge is 2.28. The molecule has 0 aliphatic rings. The van der Waals surface area contributed by atoms with E-state index in [-0.39, 0.29) is 43.0 Å². The van der Waals surface area contributed by atoms with Crippen molar-refractivity contribution >= 4 is 41.2 Å². The molecule has 4 rings (SSSR count). The molecule has 0 aliphatic carbocycles. The highest BCUT2D eigenvalue weighted by Crippen LogP contribution is 2.20. The zero-order chi connectivity index (χ0) is 33.1. The first-order valence-electron chi connectivity index (χ1n) is 15.1. The summed E-state index contributed by atoms with van der Waals surface area (Å²) in [6.45, 7) is 2.57. The van der Waals surface area contributed by atoms with Crippen LogP contribution in [0.15, 0.2) is 78.9 Å². The third kappa shape index (κ3) is 8.48. The van der Waals surface area contributed by atoms with Gasteiger partial charge in [0, 0.05) is 37.8 Å². The fourth-order valence-corrected chi connectivity index (χ4v) is 5.34. The maximum atomic E-state index is 14.9. The quantitative estimate of drug-likeness (QED) is 0.168. The number of benzene rings is 4. The molecule has 0 radical (unpaired) electrons. The summed E-state index contributed by atoms with van der Waals surface area (Å²) in [4.78, 5) is 61.9. The van der Waals surface area contributed by atoms with Crippen molar-refractivity contribution in [1.82, 2.24) is 20.9 Å². The highest BCUT2D eigenvalue weighted by atomic mass is 19.1. The number of nitrogens with one attached hydrogen (secondary N) is 3. The molecule has 0 aromatic heterocycles. The van der Waals surface area contributed by atoms with Crippen molar-refractivity contribution in [1.29, 1.82) is 0 Å². The van der Waals surface area contributed by atoms with Gasteiger partial charge in [-0.3, -0.25) is 29.3 Å². The Balaban J connectivity index is 1.31. The lowest BCUT2D eigenvalue weighted by Crippen LogP contribution is -2.47. The van der Waals surface area contributed by atoms with Crippen LogP contribution in [0.5, 0.6) is 0 Å². The van der Waals surface area contributed by atoms with Crippen molar-refractivity contribution in [2.75, 3.05) is 7.05 Å². The number of carbonyl (C=O) groups excluding carboxylic acids is 5. The third-order valence-electron chi connectivity index (χ3n) is 7.81. The van der Waals surface area contributed by atoms with E-state index < -0.39 is 23.7 Å². The number of hydrogen-bond acceptors (Lipinski definition) is 6. The normalized spacial score (nSPS) is 11.5. The van der Waals surface area contributed by atoms with Crippen LogP contribution in [0.25, 0.3) is 10.8 Å². The predicted molar refractivity (Wildman–Crippen MR) is 173 cm³/mol. The van der Waals surface area contributed by atoms with Crippen molar-refractivity contribution in [2.24, 2.45) is 0 Å². The molecule has 1 atom stereocenters. The molecule has 0 bridgehead atoms. The van der Waals surface area contributed by atoms with E-state index in [4.69, 9.17) is 0 Å². The molecule has 0 heterocycles. The van der Waals surface area contributed by atoms with Crippen molar-refractivity contribution < 1.29 is 28.4 Å². The number of halogens is 1. The smallest absolute Gasteiger partial charge is 0.255 e. The average Bonchev–Trinajstić information content (AvgIpc) is 3.06. The zero-order valence-corrected chi connectivity index (χ0v) is 25.8. The van der Waals surface area contributed by atoms with Gasteiger partial charge in [-0.2, -0.15) is 0 Å². The third-order valence-corrected chi connectivity index (χ3v) is 7.81. The Kier molecular flexibility index (Phi) is 11.9. The molecule has 46 heavy (non-hydrogen) atoms. The summed E-state index contributed by atoms with van der Waals surface area (Å²) < 4.78 is 14.9. The van der Waals surface area contributed by atoms with Crippen LogP contribution in [0.2, 0.25) is 0 Å². The molecule has 9 nitrogen and oxygen atoms in total. The lowest BCUT2D eigenvalue weighted by Gasteiger charge is -2.27. The number of likely N-dealkylation sites (N-methyl/N-ethyl adjacent to an activating group) is 1. The Morgan fingerprint density at radius 3 is 2.35 bits per heavy atom. The van der Waals surface area contributed by atoms with E-state index in [0.717, 1.165) is 16.3 Å². The van der Waals surface area contributed by atoms with Crippen LogP contribution in [0.4, 0.5) is 4.39 Å². The van der Waals surface area contributed by atoms with E-state index in [0.29, 0.717) is 42.4 Å². The Labute approximate surface area is 267 Å². The number of amides is 4. The number of rotatable bonds is 15. The number of carbonyl (C=O) groups is 5. The molecule has 4 aromatic rings. The first-order chi connectivity index (χ1) is 22.2. The molecule has 10 heteroatoms. The van der Waals surface area contributed by atoms with Crippen LogP contribution in [0.3, 0.4) is 0 Å². The molecule has 238 valence electrons. The minimum Gasteiger partial charge on any atom is -0.352 e. The fourth-order valence-electron chi connectivity index (χ4n) is 5.34. The van der Waals surface area contributed by atoms with E-state index in [2.05, 4.69) is 16.0 Å². The summed E-state index contributed by atoms with van der Waals surface area (Å²) in [5.74, 6) is -1.68. The highest BCUT2D eigenvalue weighted by molar-refractivity contribution is 6.03. The number of nitrogens with zero attached hydrogens (tertiary/aromatic N) is 1. The van der Waals surface area contributed by atoms with Gasteiger partial charge in [-0.25, -0.2) is 4.39 Å². The van der Waals surface area contributed by atoms with E-state index in [1.807, 2.05) is 49.4 Å². The first-order valence-corrected chi connectivity index (χ1v) is 15.1. The zero-order valence-electron chi connectivity index (χ0n) is 25.8. The van der Waals surface area contributed by atoms with Crippen LogP contribution < -0.4 is 16.0 Å². The summed E-state index contributed by atoms with van der Waals surface area (Å²) in [5, 5.41) is 10.2. The summed E-state index contributed by atoms with van der Waals surface area (Å²) in [5.41, 5.74) is 2.99. The molecule has 4 amide bonds. The fraction of sp³-hybridized carbons (Fsp3) is 0.250. The lowest BCUT2D eigenvalue weighted by atomic mass is 10.0. The maximum absolute atomic E-state index is 14.9. The molecule has 0 saturated heterocycles. The molecular formula is C36H37FN4O5. The maximum Gasteiger partial charge on any atom is 0.255 e. The molecule has 4 aromatic carbocycles. The Morgan fingerprint density at radius 2 is 1.61 bits per heavy atom. The van der Waals surface area contributed by atoms with Crippen molar-refractivity contribution in [3.63, 3.8) is 0 Å².